The fourth-order valence-corrected chi connectivity index (χ4v) is 1.36. The van der Waals surface area contributed by atoms with E-state index in [1.165, 1.54) is 0 Å². The van der Waals surface area contributed by atoms with Gasteiger partial charge in [-0.15, -0.1) is 0 Å². The highest BCUT2D eigenvalue weighted by molar-refractivity contribution is 5.76. The van der Waals surface area contributed by atoms with Gasteiger partial charge in [0.05, 0.1) is 0 Å². The van der Waals surface area contributed by atoms with Crippen LogP contribution in [0.5, 0.6) is 5.75 Å². The summed E-state index contributed by atoms with van der Waals surface area (Å²) >= 11 is 0. The molecular formula is C13H12NO2+. The number of phenolic OH excluding ortho intramolecular Hbond substituents is 1. The van der Waals surface area contributed by atoms with Crippen LogP contribution in [0.3, 0.4) is 0 Å². The molecule has 3 nitrogen and oxygen atoms in total. The molecule has 0 saturated heterocycles. The van der Waals surface area contributed by atoms with Crippen molar-refractivity contribution in [2.24, 2.45) is 0 Å². The molecule has 0 fully saturated rings. The largest absolute Gasteiger partial charge is 0.508 e. The minimum atomic E-state index is 0.210. The molecular weight excluding hydrogens is 202 g/mol. The highest BCUT2D eigenvalue weighted by Gasteiger charge is 2.05. The monoisotopic (exact) mass is 214 g/mol. The molecule has 0 spiro atoms. The van der Waals surface area contributed by atoms with Crippen LogP contribution < -0.4 is 0 Å². The summed E-state index contributed by atoms with van der Waals surface area (Å²) in [5.41, 5.74) is 1.50. The Kier molecular flexibility index (Phi) is 2.87. The second-order valence-electron chi connectivity index (χ2n) is 3.40. The molecule has 0 aromatic heterocycles. The molecule has 2 rings (SSSR count). The van der Waals surface area contributed by atoms with E-state index >= 15 is 0 Å². The number of aromatic hydroxyl groups is 1. The van der Waals surface area contributed by atoms with E-state index in [1.54, 1.807) is 42.6 Å². The Balaban J connectivity index is 2.28. The minimum Gasteiger partial charge on any atom is -0.508 e. The molecule has 0 aliphatic rings. The number of nitrogens with zero attached hydrogens (tertiary/aromatic N) is 1. The van der Waals surface area contributed by atoms with Crippen molar-refractivity contribution in [2.45, 2.75) is 0 Å². The summed E-state index contributed by atoms with van der Waals surface area (Å²) in [5.74, 6) is 0.210. The molecule has 16 heavy (non-hydrogen) atoms. The van der Waals surface area contributed by atoms with E-state index in [9.17, 15) is 5.21 Å². The van der Waals surface area contributed by atoms with Crippen molar-refractivity contribution >= 4 is 11.9 Å². The van der Waals surface area contributed by atoms with Gasteiger partial charge in [0.15, 0.2) is 0 Å². The summed E-state index contributed by atoms with van der Waals surface area (Å²) in [6.07, 6.45) is 1.58. The predicted octanol–water partition coefficient (Wildman–Crippen LogP) is 2.54. The fourth-order valence-electron chi connectivity index (χ4n) is 1.36. The second kappa shape index (κ2) is 4.49. The second-order valence-corrected chi connectivity index (χ2v) is 3.40. The van der Waals surface area contributed by atoms with E-state index < -0.39 is 0 Å². The van der Waals surface area contributed by atoms with Gasteiger partial charge in [-0.2, -0.15) is 0 Å². The lowest BCUT2D eigenvalue weighted by atomic mass is 10.2. The van der Waals surface area contributed by atoms with E-state index in [4.69, 9.17) is 5.11 Å². The Morgan fingerprint density at radius 1 is 0.875 bits per heavy atom. The Hall–Kier alpha value is -2.29. The van der Waals surface area contributed by atoms with E-state index in [0.29, 0.717) is 5.69 Å². The van der Waals surface area contributed by atoms with E-state index in [0.717, 1.165) is 10.3 Å². The summed E-state index contributed by atoms with van der Waals surface area (Å²) in [6.45, 7) is 0. The average Bonchev–Trinajstić information content (AvgIpc) is 2.33. The van der Waals surface area contributed by atoms with E-state index in [-0.39, 0.29) is 5.75 Å². The molecule has 0 radical (unpaired) electrons. The molecule has 0 heterocycles. The Labute approximate surface area is 93.5 Å². The lowest BCUT2D eigenvalue weighted by Crippen LogP contribution is -2.01. The van der Waals surface area contributed by atoms with Crippen molar-refractivity contribution in [2.75, 3.05) is 0 Å². The van der Waals surface area contributed by atoms with Crippen LogP contribution in [0.1, 0.15) is 5.56 Å². The molecule has 0 bridgehead atoms. The summed E-state index contributed by atoms with van der Waals surface area (Å²) in [4.78, 5) is 0. The summed E-state index contributed by atoms with van der Waals surface area (Å²) in [6, 6.07) is 15.8. The predicted molar refractivity (Wildman–Crippen MR) is 61.4 cm³/mol. The van der Waals surface area contributed by atoms with Crippen LogP contribution in [-0.4, -0.2) is 21.3 Å². The van der Waals surface area contributed by atoms with Crippen LogP contribution in [-0.2, 0) is 0 Å². The average molecular weight is 214 g/mol. The third kappa shape index (κ3) is 2.39. The van der Waals surface area contributed by atoms with Gasteiger partial charge in [-0.3, -0.25) is 5.21 Å². The van der Waals surface area contributed by atoms with Crippen molar-refractivity contribution in [3.8, 4) is 5.75 Å². The van der Waals surface area contributed by atoms with Crippen LogP contribution >= 0.6 is 0 Å². The molecule has 2 aromatic rings. The Morgan fingerprint density at radius 2 is 1.50 bits per heavy atom. The third-order valence-corrected chi connectivity index (χ3v) is 2.19. The zero-order valence-corrected chi connectivity index (χ0v) is 8.62. The molecule has 0 atom stereocenters. The van der Waals surface area contributed by atoms with Gasteiger partial charge in [0, 0.05) is 22.4 Å². The standard InChI is InChI=1S/C13H11NO2/c15-13-8-6-11(7-9-13)10-14(16)12-4-2-1-3-5-12/h1-10,16H/p+1. The number of hydrogen-bond donors (Lipinski definition) is 2. The van der Waals surface area contributed by atoms with Crippen molar-refractivity contribution in [3.05, 3.63) is 60.2 Å². The molecule has 80 valence electrons. The topological polar surface area (TPSA) is 43.5 Å². The van der Waals surface area contributed by atoms with E-state index in [2.05, 4.69) is 0 Å². The Bertz CT molecular complexity index is 489. The van der Waals surface area contributed by atoms with Gasteiger partial charge in [0.25, 0.3) is 5.69 Å². The zero-order chi connectivity index (χ0) is 11.4. The number of hydrogen-bond acceptors (Lipinski definition) is 2. The van der Waals surface area contributed by atoms with Crippen LogP contribution in [0.4, 0.5) is 5.69 Å². The van der Waals surface area contributed by atoms with Crippen LogP contribution in [0.25, 0.3) is 0 Å². The van der Waals surface area contributed by atoms with Crippen LogP contribution in [0, 0.1) is 0 Å². The van der Waals surface area contributed by atoms with E-state index in [1.807, 2.05) is 18.2 Å². The minimum absolute atomic E-state index is 0.210. The maximum atomic E-state index is 9.76. The molecule has 0 unspecified atom stereocenters. The van der Waals surface area contributed by atoms with Crippen molar-refractivity contribution < 1.29 is 15.1 Å². The normalized spacial score (nSPS) is 11.4. The van der Waals surface area contributed by atoms with Gasteiger partial charge in [-0.1, -0.05) is 18.2 Å². The molecule has 2 N–H and O–H groups in total. The highest BCUT2D eigenvalue weighted by Crippen LogP contribution is 2.10. The smallest absolute Gasteiger partial charge is 0.257 e. The van der Waals surface area contributed by atoms with Gasteiger partial charge in [-0.25, -0.2) is 0 Å². The number of para-hydroxylation sites is 1. The third-order valence-electron chi connectivity index (χ3n) is 2.19. The first-order valence-corrected chi connectivity index (χ1v) is 4.93. The first kappa shape index (κ1) is 10.2. The maximum Gasteiger partial charge on any atom is 0.257 e. The quantitative estimate of drug-likeness (QED) is 0.349. The molecule has 0 saturated carbocycles. The maximum absolute atomic E-state index is 9.76. The molecule has 0 aliphatic heterocycles. The SMILES string of the molecule is Oc1ccc(/C=[N+](\O)c2ccccc2)cc1. The molecule has 3 heteroatoms. The molecule has 0 aliphatic carbocycles. The van der Waals surface area contributed by atoms with Crippen LogP contribution in [0.2, 0.25) is 0 Å². The first-order valence-electron chi connectivity index (χ1n) is 4.93. The van der Waals surface area contributed by atoms with Gasteiger partial charge in [0.2, 0.25) is 6.21 Å². The number of phenols is 1. The Morgan fingerprint density at radius 3 is 2.12 bits per heavy atom. The lowest BCUT2D eigenvalue weighted by molar-refractivity contribution is -0.709. The fraction of sp³-hybridized carbons (Fsp3) is 0. The number of rotatable bonds is 2. The van der Waals surface area contributed by atoms with Crippen molar-refractivity contribution in [3.63, 3.8) is 0 Å². The van der Waals surface area contributed by atoms with Crippen LogP contribution in [0.15, 0.2) is 54.6 Å². The summed E-state index contributed by atoms with van der Waals surface area (Å²) in [7, 11) is 0. The highest BCUT2D eigenvalue weighted by atomic mass is 16.5. The van der Waals surface area contributed by atoms with Gasteiger partial charge in [-0.05, 0) is 24.3 Å². The molecule has 2 aromatic carbocycles. The van der Waals surface area contributed by atoms with Gasteiger partial charge >= 0.3 is 0 Å². The first-order chi connectivity index (χ1) is 7.75. The zero-order valence-electron chi connectivity index (χ0n) is 8.62. The summed E-state index contributed by atoms with van der Waals surface area (Å²) < 4.78 is 1.05. The van der Waals surface area contributed by atoms with Crippen molar-refractivity contribution in [1.82, 2.24) is 0 Å². The molecule has 0 amide bonds. The lowest BCUT2D eigenvalue weighted by Gasteiger charge is -1.93. The summed E-state index contributed by atoms with van der Waals surface area (Å²) in [5, 5.41) is 18.9. The van der Waals surface area contributed by atoms with Crippen molar-refractivity contribution in [1.29, 1.82) is 0 Å². The van der Waals surface area contributed by atoms with Gasteiger partial charge in [0.1, 0.15) is 5.75 Å². The van der Waals surface area contributed by atoms with Gasteiger partial charge < -0.3 is 5.11 Å². The number of benzene rings is 2.